The first kappa shape index (κ1) is 8.85. The van der Waals surface area contributed by atoms with E-state index >= 15 is 0 Å². The summed E-state index contributed by atoms with van der Waals surface area (Å²) in [5.41, 5.74) is 0. The Hall–Kier alpha value is -0.150. The van der Waals surface area contributed by atoms with Gasteiger partial charge < -0.3 is 0 Å². The number of rotatable bonds is 4. The summed E-state index contributed by atoms with van der Waals surface area (Å²) in [4.78, 5) is 0. The van der Waals surface area contributed by atoms with Crippen LogP contribution in [0.2, 0.25) is 0 Å². The molecular formula is C8H13Cl. The van der Waals surface area contributed by atoms with Crippen LogP contribution in [0.3, 0.4) is 0 Å². The van der Waals surface area contributed by atoms with Crippen LogP contribution in [0, 0.1) is 11.8 Å². The van der Waals surface area contributed by atoms with Crippen LogP contribution >= 0.6 is 11.6 Å². The molecule has 52 valence electrons. The van der Waals surface area contributed by atoms with Crippen LogP contribution in [-0.2, 0) is 0 Å². The van der Waals surface area contributed by atoms with E-state index in [4.69, 9.17) is 11.6 Å². The van der Waals surface area contributed by atoms with E-state index in [1.165, 1.54) is 12.8 Å². The summed E-state index contributed by atoms with van der Waals surface area (Å²) in [5, 5.41) is 0. The number of hydrogen-bond donors (Lipinski definition) is 0. The molecule has 0 saturated carbocycles. The molecule has 0 radical (unpaired) electrons. The minimum atomic E-state index is 0.791. The summed E-state index contributed by atoms with van der Waals surface area (Å²) in [5.74, 6) is 6.67. The predicted molar refractivity (Wildman–Crippen MR) is 42.6 cm³/mol. The van der Waals surface area contributed by atoms with Crippen molar-refractivity contribution in [3.63, 3.8) is 0 Å². The van der Waals surface area contributed by atoms with Gasteiger partial charge in [0.25, 0.3) is 0 Å². The molecule has 0 amide bonds. The van der Waals surface area contributed by atoms with Crippen LogP contribution in [0.1, 0.15) is 32.6 Å². The quantitative estimate of drug-likeness (QED) is 0.323. The molecule has 0 saturated heterocycles. The maximum atomic E-state index is 5.48. The SMILES string of the molecule is CC#CCCCCCCl. The molecule has 0 fully saturated rings. The topological polar surface area (TPSA) is 0 Å². The Bertz CT molecular complexity index is 96.9. The van der Waals surface area contributed by atoms with Gasteiger partial charge in [0.2, 0.25) is 0 Å². The highest BCUT2D eigenvalue weighted by Gasteiger charge is 1.83. The van der Waals surface area contributed by atoms with Crippen LogP contribution < -0.4 is 0 Å². The molecule has 0 bridgehead atoms. The second kappa shape index (κ2) is 7.85. The van der Waals surface area contributed by atoms with Gasteiger partial charge in [0.05, 0.1) is 0 Å². The van der Waals surface area contributed by atoms with Crippen molar-refractivity contribution in [2.45, 2.75) is 32.6 Å². The van der Waals surface area contributed by atoms with Crippen molar-refractivity contribution in [3.05, 3.63) is 0 Å². The van der Waals surface area contributed by atoms with E-state index in [0.29, 0.717) is 0 Å². The molecule has 0 N–H and O–H groups in total. The Morgan fingerprint density at radius 3 is 2.56 bits per heavy atom. The van der Waals surface area contributed by atoms with Crippen LogP contribution in [0.5, 0.6) is 0 Å². The fraction of sp³-hybridized carbons (Fsp3) is 0.750. The maximum absolute atomic E-state index is 5.48. The third-order valence-electron chi connectivity index (χ3n) is 1.11. The summed E-state index contributed by atoms with van der Waals surface area (Å²) in [6.07, 6.45) is 4.59. The normalized spacial score (nSPS) is 8.22. The zero-order valence-electron chi connectivity index (χ0n) is 5.91. The average Bonchev–Trinajstić information content (AvgIpc) is 1.89. The lowest BCUT2D eigenvalue weighted by Gasteiger charge is -1.89. The first-order chi connectivity index (χ1) is 4.41. The highest BCUT2D eigenvalue weighted by molar-refractivity contribution is 6.17. The summed E-state index contributed by atoms with van der Waals surface area (Å²) < 4.78 is 0. The van der Waals surface area contributed by atoms with Gasteiger partial charge in [-0.05, 0) is 19.8 Å². The average molecular weight is 145 g/mol. The van der Waals surface area contributed by atoms with Crippen LogP contribution in [-0.4, -0.2) is 5.88 Å². The van der Waals surface area contributed by atoms with Gasteiger partial charge in [0.15, 0.2) is 0 Å². The maximum Gasteiger partial charge on any atom is 0.0223 e. The minimum Gasteiger partial charge on any atom is -0.127 e. The van der Waals surface area contributed by atoms with Crippen molar-refractivity contribution < 1.29 is 0 Å². The lowest BCUT2D eigenvalue weighted by molar-refractivity contribution is 0.741. The smallest absolute Gasteiger partial charge is 0.0223 e. The van der Waals surface area contributed by atoms with Crippen molar-refractivity contribution in [1.82, 2.24) is 0 Å². The van der Waals surface area contributed by atoms with Crippen molar-refractivity contribution in [1.29, 1.82) is 0 Å². The Labute approximate surface area is 62.6 Å². The lowest BCUT2D eigenvalue weighted by Crippen LogP contribution is -1.75. The number of halogens is 1. The molecular weight excluding hydrogens is 132 g/mol. The minimum absolute atomic E-state index is 0.791. The summed E-state index contributed by atoms with van der Waals surface area (Å²) in [7, 11) is 0. The molecule has 0 aromatic carbocycles. The third-order valence-corrected chi connectivity index (χ3v) is 1.38. The van der Waals surface area contributed by atoms with Gasteiger partial charge in [-0.2, -0.15) is 0 Å². The Balaban J connectivity index is 2.80. The highest BCUT2D eigenvalue weighted by atomic mass is 35.5. The fourth-order valence-electron chi connectivity index (χ4n) is 0.610. The van der Waals surface area contributed by atoms with Crippen LogP contribution in [0.4, 0.5) is 0 Å². The monoisotopic (exact) mass is 144 g/mol. The predicted octanol–water partition coefficient (Wildman–Crippen LogP) is 2.81. The molecule has 0 aliphatic heterocycles. The fourth-order valence-corrected chi connectivity index (χ4v) is 0.799. The molecule has 0 atom stereocenters. The van der Waals surface area contributed by atoms with E-state index in [-0.39, 0.29) is 0 Å². The summed E-state index contributed by atoms with van der Waals surface area (Å²) in [6, 6.07) is 0. The number of hydrogen-bond acceptors (Lipinski definition) is 0. The van der Waals surface area contributed by atoms with Gasteiger partial charge in [0.1, 0.15) is 0 Å². The van der Waals surface area contributed by atoms with E-state index in [0.717, 1.165) is 18.7 Å². The van der Waals surface area contributed by atoms with E-state index in [2.05, 4.69) is 11.8 Å². The van der Waals surface area contributed by atoms with E-state index in [1.807, 2.05) is 6.92 Å². The Morgan fingerprint density at radius 2 is 2.00 bits per heavy atom. The highest BCUT2D eigenvalue weighted by Crippen LogP contribution is 1.99. The number of alkyl halides is 1. The summed E-state index contributed by atoms with van der Waals surface area (Å²) in [6.45, 7) is 1.88. The molecule has 0 spiro atoms. The molecule has 0 aliphatic rings. The van der Waals surface area contributed by atoms with Crippen LogP contribution in [0.15, 0.2) is 0 Å². The molecule has 0 aliphatic carbocycles. The molecule has 0 heterocycles. The molecule has 0 aromatic rings. The zero-order chi connectivity index (χ0) is 6.95. The Morgan fingerprint density at radius 1 is 1.22 bits per heavy atom. The summed E-state index contributed by atoms with van der Waals surface area (Å²) >= 11 is 5.48. The van der Waals surface area contributed by atoms with Crippen LogP contribution in [0.25, 0.3) is 0 Å². The van der Waals surface area contributed by atoms with Gasteiger partial charge in [-0.1, -0.05) is 6.42 Å². The lowest BCUT2D eigenvalue weighted by atomic mass is 10.2. The molecule has 1 heteroatoms. The van der Waals surface area contributed by atoms with E-state index in [9.17, 15) is 0 Å². The standard InChI is InChI=1S/C8H13Cl/c1-2-3-4-5-6-7-8-9/h4-8H2,1H3. The molecule has 9 heavy (non-hydrogen) atoms. The second-order valence-corrected chi connectivity index (χ2v) is 2.30. The molecule has 0 nitrogen and oxygen atoms in total. The molecule has 0 rings (SSSR count). The number of unbranched alkanes of at least 4 members (excludes halogenated alkanes) is 3. The van der Waals surface area contributed by atoms with Gasteiger partial charge in [-0.3, -0.25) is 0 Å². The van der Waals surface area contributed by atoms with E-state index in [1.54, 1.807) is 0 Å². The van der Waals surface area contributed by atoms with Gasteiger partial charge in [-0.15, -0.1) is 23.4 Å². The zero-order valence-corrected chi connectivity index (χ0v) is 6.67. The van der Waals surface area contributed by atoms with Crippen molar-refractivity contribution in [3.8, 4) is 11.8 Å². The van der Waals surface area contributed by atoms with Crippen molar-refractivity contribution >= 4 is 11.6 Å². The Kier molecular flexibility index (Phi) is 7.72. The van der Waals surface area contributed by atoms with E-state index < -0.39 is 0 Å². The van der Waals surface area contributed by atoms with Crippen molar-refractivity contribution in [2.75, 3.05) is 5.88 Å². The first-order valence-electron chi connectivity index (χ1n) is 3.37. The molecule has 0 aromatic heterocycles. The third kappa shape index (κ3) is 7.85. The van der Waals surface area contributed by atoms with Gasteiger partial charge in [0, 0.05) is 12.3 Å². The van der Waals surface area contributed by atoms with Gasteiger partial charge >= 0.3 is 0 Å². The van der Waals surface area contributed by atoms with Gasteiger partial charge in [-0.25, -0.2) is 0 Å². The second-order valence-electron chi connectivity index (χ2n) is 1.93. The van der Waals surface area contributed by atoms with Crippen molar-refractivity contribution in [2.24, 2.45) is 0 Å². The molecule has 0 unspecified atom stereocenters. The first-order valence-corrected chi connectivity index (χ1v) is 3.91. The largest absolute Gasteiger partial charge is 0.127 e.